The van der Waals surface area contributed by atoms with Gasteiger partial charge >= 0.3 is 118 Å². The molecule has 8 aromatic rings. The first-order valence-electron chi connectivity index (χ1n) is 23.7. The molecule has 0 amide bonds. The smallest absolute Gasteiger partial charge is 2.00 e. The molecule has 0 bridgehead atoms. The van der Waals surface area contributed by atoms with Crippen molar-refractivity contribution < 1.29 is 116 Å². The molecule has 0 aliphatic rings. The Balaban J connectivity index is 0.000000361. The maximum absolute atomic E-state index is 12.2. The molecule has 0 saturated heterocycles. The van der Waals surface area contributed by atoms with Crippen molar-refractivity contribution in [3.05, 3.63) is 228 Å². The van der Waals surface area contributed by atoms with Crippen LogP contribution in [0.15, 0.2) is 194 Å². The fourth-order valence-electron chi connectivity index (χ4n) is 7.46. The van der Waals surface area contributed by atoms with Crippen LogP contribution < -0.4 is 41.3 Å². The number of benzene rings is 8. The van der Waals surface area contributed by atoms with Crippen LogP contribution in [0.1, 0.15) is 33.4 Å². The summed E-state index contributed by atoms with van der Waals surface area (Å²) in [5.74, 6) is 1.68. The third-order valence-corrected chi connectivity index (χ3v) is 15.6. The van der Waals surface area contributed by atoms with Gasteiger partial charge in [-0.05, 0) is 96.2 Å². The number of nitriles is 2. The van der Waals surface area contributed by atoms with Gasteiger partial charge in [0.25, 0.3) is 0 Å². The fraction of sp³-hybridized carbons (Fsp3) is 0.107. The summed E-state index contributed by atoms with van der Waals surface area (Å²) in [6.45, 7) is 0. The number of alkyl halides is 12. The van der Waals surface area contributed by atoms with Gasteiger partial charge in [-0.25, -0.2) is 0 Å². The quantitative estimate of drug-likeness (QED) is 0.0821. The van der Waals surface area contributed by atoms with Gasteiger partial charge in [-0.15, -0.1) is 0 Å². The van der Waals surface area contributed by atoms with Gasteiger partial charge in [0, 0.05) is 11.1 Å². The molecule has 0 N–H and O–H groups in total. The van der Waals surface area contributed by atoms with E-state index in [1.54, 1.807) is 14.2 Å². The largest absolute Gasteiger partial charge is 2.00 e. The molecule has 482 valence electrons. The van der Waals surface area contributed by atoms with Gasteiger partial charge in [-0.2, -0.15) is 63.2 Å². The molecular formula is C56H38F24N2O2P2PdSb2. The third kappa shape index (κ3) is 27.4. The van der Waals surface area contributed by atoms with E-state index in [4.69, 9.17) is 20.0 Å². The fourth-order valence-corrected chi connectivity index (χ4v) is 12.4. The van der Waals surface area contributed by atoms with Crippen LogP contribution >= 0.6 is 15.8 Å². The summed E-state index contributed by atoms with van der Waals surface area (Å²) in [4.78, 5) is 0. The zero-order valence-electron chi connectivity index (χ0n) is 44.4. The summed E-state index contributed by atoms with van der Waals surface area (Å²) in [5, 5.41) is 24.3. The van der Waals surface area contributed by atoms with Crippen LogP contribution in [0.3, 0.4) is 0 Å². The Labute approximate surface area is 511 Å². The topological polar surface area (TPSA) is 66.0 Å². The Hall–Kier alpha value is -6.18. The normalized spacial score (nSPS) is 13.3. The standard InChI is InChI=1S/C38H32O2P2.2C9H3F6N.12FH.Pd.2Sb/c1-39-33-25-15-27-35(41(29-17-7-3-8-18-29)30-19-9-4-10-20-30)37(33)38-34(40-2)26-16-28-36(38)42(31-21-11-5-12-22-31)32-23-13-6-14-24-32;2*10-8(11,12)6-1-5(4-16)2-7(3-6)9(13,14)15;;;;;;;;;;;;;;;/h3-28H,1-2H3;2*1-3H;12*1H;;;/q;;;;;;;;;;;;;;;+2;2*+5/p-12. The minimum Gasteiger partial charge on any atom is 2.00 e. The van der Waals surface area contributed by atoms with E-state index in [0.29, 0.717) is 24.3 Å². The Morgan fingerprint density at radius 2 is 0.528 bits per heavy atom. The molecule has 0 unspecified atom stereocenters. The molecule has 89 heavy (non-hydrogen) atoms. The molecule has 8 aromatic carbocycles. The van der Waals surface area contributed by atoms with Gasteiger partial charge in [0.05, 0.1) is 59.7 Å². The molecule has 4 nitrogen and oxygen atoms in total. The van der Waals surface area contributed by atoms with Crippen molar-refractivity contribution >= 4 is 86.6 Å². The van der Waals surface area contributed by atoms with E-state index < -0.39 is 113 Å². The van der Waals surface area contributed by atoms with Crippen LogP contribution in [0.5, 0.6) is 11.5 Å². The summed E-state index contributed by atoms with van der Waals surface area (Å²) in [7, 11) is 1.74. The van der Waals surface area contributed by atoms with Crippen LogP contribution in [-0.2, 0) is 45.1 Å². The van der Waals surface area contributed by atoms with Crippen molar-refractivity contribution in [1.82, 2.24) is 0 Å². The molecule has 0 radical (unpaired) electrons. The van der Waals surface area contributed by atoms with Gasteiger partial charge in [0.2, 0.25) is 0 Å². The van der Waals surface area contributed by atoms with Crippen LogP contribution in [0.25, 0.3) is 11.1 Å². The molecule has 33 heteroatoms. The van der Waals surface area contributed by atoms with E-state index in [2.05, 4.69) is 158 Å². The Morgan fingerprint density at radius 3 is 0.697 bits per heavy atom. The van der Waals surface area contributed by atoms with Crippen LogP contribution in [0.4, 0.5) is 86.4 Å². The van der Waals surface area contributed by atoms with E-state index in [1.165, 1.54) is 44.0 Å². The SMILES string of the molecule is COc1cccc(P(c2ccccc2)c2ccccc2)c1-c1c(OC)cccc1P(c1ccccc1)c1ccccc1.N#Cc1cc(C(F)(F)F)cc(C(F)(F)F)c1.N#Cc1cc(C(F)(F)F)cc(C(F)(F)F)c1.[F][Sb-]([F])([F])([F])([F])[F].[F][Sb-]([F])([F])([F])([F])[F].[Pd+2]. The van der Waals surface area contributed by atoms with Crippen LogP contribution in [-0.4, -0.2) is 53.2 Å². The molecule has 0 saturated carbocycles. The Morgan fingerprint density at radius 1 is 0.326 bits per heavy atom. The molecule has 0 aliphatic heterocycles. The predicted molar refractivity (Wildman–Crippen MR) is 290 cm³/mol. The summed E-state index contributed by atoms with van der Waals surface area (Å²) in [6, 6.07) is 60.2. The van der Waals surface area contributed by atoms with Crippen molar-refractivity contribution in [2.45, 2.75) is 24.7 Å². The van der Waals surface area contributed by atoms with E-state index in [1.807, 2.05) is 0 Å². The average molecular weight is 1640 g/mol. The first-order valence-corrected chi connectivity index (χ1v) is 37.9. The molecule has 0 heterocycles. The van der Waals surface area contributed by atoms with E-state index in [0.717, 1.165) is 22.6 Å². The number of hydrogen-bond acceptors (Lipinski definition) is 4. The van der Waals surface area contributed by atoms with Crippen molar-refractivity contribution in [1.29, 1.82) is 10.5 Å². The van der Waals surface area contributed by atoms with E-state index in [9.17, 15) is 86.4 Å². The average Bonchev–Trinajstić information content (AvgIpc) is 0.773. The number of methoxy groups -OCH3 is 2. The summed E-state index contributed by atoms with van der Waals surface area (Å²) >= 11 is -22.5. The van der Waals surface area contributed by atoms with Gasteiger partial charge < -0.3 is 9.47 Å². The van der Waals surface area contributed by atoms with Gasteiger partial charge in [-0.1, -0.05) is 146 Å². The second kappa shape index (κ2) is 28.1. The summed E-state index contributed by atoms with van der Waals surface area (Å²) < 4.78 is 278. The molecule has 0 aromatic heterocycles. The minimum atomic E-state index is -11.2. The molecule has 0 atom stereocenters. The second-order valence-electron chi connectivity index (χ2n) is 17.5. The number of rotatable bonds is 9. The predicted octanol–water partition coefficient (Wildman–Crippen LogP) is 18.4. The number of nitrogens with zero attached hydrogens (tertiary/aromatic N) is 2. The van der Waals surface area contributed by atoms with E-state index in [-0.39, 0.29) is 32.6 Å². The van der Waals surface area contributed by atoms with Gasteiger partial charge in [-0.3, -0.25) is 0 Å². The monoisotopic (exact) mass is 1640 g/mol. The summed E-state index contributed by atoms with van der Waals surface area (Å²) in [5.41, 5.74) is -5.13. The van der Waals surface area contributed by atoms with Crippen molar-refractivity contribution in [3.8, 4) is 34.8 Å². The minimum absolute atomic E-state index is 0. The first-order chi connectivity index (χ1) is 40.0. The second-order valence-corrected chi connectivity index (χ2v) is 32.8. The number of halogens is 24. The Kier molecular flexibility index (Phi) is 24.4. The molecule has 0 fully saturated rings. The molecule has 0 spiro atoms. The van der Waals surface area contributed by atoms with Crippen LogP contribution in [0, 0.1) is 22.7 Å². The zero-order valence-corrected chi connectivity index (χ0v) is 52.8. The zero-order chi connectivity index (χ0) is 66.7. The van der Waals surface area contributed by atoms with Gasteiger partial charge in [0.15, 0.2) is 0 Å². The van der Waals surface area contributed by atoms with Crippen molar-refractivity contribution in [2.24, 2.45) is 0 Å². The van der Waals surface area contributed by atoms with Crippen LogP contribution in [0.2, 0.25) is 0 Å². The maximum atomic E-state index is 12.2. The van der Waals surface area contributed by atoms with Gasteiger partial charge in [0.1, 0.15) is 11.5 Å². The molecular weight excluding hydrogens is 1600 g/mol. The molecule has 0 aliphatic carbocycles. The maximum Gasteiger partial charge on any atom is 2.00 e. The molecule has 8 rings (SSSR count). The Bertz CT molecular complexity index is 3330. The first kappa shape index (κ1) is 77.1. The van der Waals surface area contributed by atoms with E-state index >= 15 is 0 Å². The number of ether oxygens (including phenoxy) is 2. The van der Waals surface area contributed by atoms with Crippen molar-refractivity contribution in [2.75, 3.05) is 14.2 Å². The third-order valence-electron chi connectivity index (χ3n) is 10.7. The van der Waals surface area contributed by atoms with Crippen molar-refractivity contribution in [3.63, 3.8) is 0 Å². The number of hydrogen-bond donors (Lipinski definition) is 0. The summed E-state index contributed by atoms with van der Waals surface area (Å²) in [6.07, 6.45) is -19.6.